The minimum atomic E-state index is -0.385. The van der Waals surface area contributed by atoms with Crippen LogP contribution in [0.25, 0.3) is 0 Å². The van der Waals surface area contributed by atoms with Crippen molar-refractivity contribution in [3.05, 3.63) is 54.1 Å². The number of esters is 1. The van der Waals surface area contributed by atoms with E-state index < -0.39 is 0 Å². The van der Waals surface area contributed by atoms with E-state index in [1.54, 1.807) is 43.5 Å². The number of hydrogen-bond acceptors (Lipinski definition) is 4. The van der Waals surface area contributed by atoms with Crippen LogP contribution in [-0.4, -0.2) is 19.7 Å². The predicted octanol–water partition coefficient (Wildman–Crippen LogP) is 8.24. The quantitative estimate of drug-likeness (QED) is 0.160. The third-order valence-corrected chi connectivity index (χ3v) is 7.09. The Labute approximate surface area is 206 Å². The van der Waals surface area contributed by atoms with Gasteiger partial charge < -0.3 is 14.2 Å². The molecule has 1 aliphatic rings. The van der Waals surface area contributed by atoms with Crippen LogP contribution in [0, 0.1) is 11.8 Å². The van der Waals surface area contributed by atoms with Crippen LogP contribution in [0.5, 0.6) is 17.2 Å². The first-order chi connectivity index (χ1) is 16.7. The first-order valence-corrected chi connectivity index (χ1v) is 13.3. The smallest absolute Gasteiger partial charge is 0.343 e. The molecule has 186 valence electrons. The van der Waals surface area contributed by atoms with Gasteiger partial charge in [0.25, 0.3) is 0 Å². The molecule has 2 unspecified atom stereocenters. The molecule has 0 amide bonds. The second-order valence-corrected chi connectivity index (χ2v) is 9.59. The van der Waals surface area contributed by atoms with Crippen molar-refractivity contribution in [1.29, 1.82) is 0 Å². The molecule has 2 atom stereocenters. The van der Waals surface area contributed by atoms with Crippen molar-refractivity contribution in [2.45, 2.75) is 84.0 Å². The zero-order chi connectivity index (χ0) is 24.0. The van der Waals surface area contributed by atoms with Gasteiger partial charge in [-0.1, -0.05) is 71.1 Å². The highest BCUT2D eigenvalue weighted by Crippen LogP contribution is 2.36. The van der Waals surface area contributed by atoms with Crippen molar-refractivity contribution in [2.24, 2.45) is 11.8 Å². The molecule has 1 fully saturated rings. The molecular formula is C30H42O4. The molecule has 4 nitrogen and oxygen atoms in total. The van der Waals surface area contributed by atoms with Crippen molar-refractivity contribution >= 4 is 5.97 Å². The van der Waals surface area contributed by atoms with Gasteiger partial charge in [-0.25, -0.2) is 4.79 Å². The lowest BCUT2D eigenvalue weighted by molar-refractivity contribution is 0.0734. The van der Waals surface area contributed by atoms with Crippen LogP contribution in [0.15, 0.2) is 48.5 Å². The van der Waals surface area contributed by atoms with Crippen LogP contribution in [0.2, 0.25) is 0 Å². The van der Waals surface area contributed by atoms with Crippen LogP contribution < -0.4 is 14.2 Å². The molecule has 2 aromatic rings. The highest BCUT2D eigenvalue weighted by atomic mass is 16.5. The fraction of sp³-hybridized carbons (Fsp3) is 0.567. The molecule has 0 aliphatic heterocycles. The number of rotatable bonds is 14. The number of hydrogen-bond donors (Lipinski definition) is 0. The predicted molar refractivity (Wildman–Crippen MR) is 138 cm³/mol. The Balaban J connectivity index is 1.36. The molecule has 2 aromatic carbocycles. The summed E-state index contributed by atoms with van der Waals surface area (Å²) < 4.78 is 16.6. The second-order valence-electron chi connectivity index (χ2n) is 9.59. The average molecular weight is 467 g/mol. The van der Waals surface area contributed by atoms with Crippen molar-refractivity contribution in [1.82, 2.24) is 0 Å². The van der Waals surface area contributed by atoms with Gasteiger partial charge >= 0.3 is 5.97 Å². The number of carbonyl (C=O) groups is 1. The summed E-state index contributed by atoms with van der Waals surface area (Å²) in [6.07, 6.45) is 16.4. The Bertz CT molecular complexity index is 828. The summed E-state index contributed by atoms with van der Waals surface area (Å²) in [7, 11) is 1.60. The first-order valence-electron chi connectivity index (χ1n) is 13.3. The van der Waals surface area contributed by atoms with Crippen molar-refractivity contribution in [2.75, 3.05) is 13.7 Å². The molecule has 3 rings (SSSR count). The standard InChI is InChI=1S/C30H42O4/c1-3-4-5-6-7-11-24-12-8-9-13-25(24)14-10-23-33-28-19-21-29(22-20-28)34-30(31)26-15-17-27(32-2)18-16-26/h15-22,24-25H,3-14,23H2,1-2H3. The summed E-state index contributed by atoms with van der Waals surface area (Å²) >= 11 is 0. The van der Waals surface area contributed by atoms with Gasteiger partial charge in [-0.3, -0.25) is 0 Å². The number of unbranched alkanes of at least 4 members (excludes halogenated alkanes) is 4. The summed E-state index contributed by atoms with van der Waals surface area (Å²) in [5.74, 6) is 3.46. The highest BCUT2D eigenvalue weighted by Gasteiger charge is 2.24. The summed E-state index contributed by atoms with van der Waals surface area (Å²) in [5.41, 5.74) is 0.489. The molecule has 0 saturated heterocycles. The van der Waals surface area contributed by atoms with E-state index in [0.717, 1.165) is 30.6 Å². The van der Waals surface area contributed by atoms with Gasteiger partial charge in [-0.05, 0) is 73.2 Å². The Hall–Kier alpha value is -2.49. The normalized spacial score (nSPS) is 17.8. The van der Waals surface area contributed by atoms with E-state index >= 15 is 0 Å². The van der Waals surface area contributed by atoms with E-state index in [2.05, 4.69) is 6.92 Å². The topological polar surface area (TPSA) is 44.8 Å². The average Bonchev–Trinajstić information content (AvgIpc) is 2.88. The number of carbonyl (C=O) groups excluding carboxylic acids is 1. The van der Waals surface area contributed by atoms with Gasteiger partial charge in [0.15, 0.2) is 0 Å². The summed E-state index contributed by atoms with van der Waals surface area (Å²) in [6.45, 7) is 3.02. The van der Waals surface area contributed by atoms with Crippen LogP contribution in [-0.2, 0) is 0 Å². The van der Waals surface area contributed by atoms with E-state index in [-0.39, 0.29) is 5.97 Å². The molecule has 0 aromatic heterocycles. The molecule has 0 heterocycles. The van der Waals surface area contributed by atoms with E-state index in [9.17, 15) is 4.79 Å². The maximum atomic E-state index is 12.3. The summed E-state index contributed by atoms with van der Waals surface area (Å²) in [6, 6.07) is 14.2. The molecule has 34 heavy (non-hydrogen) atoms. The summed E-state index contributed by atoms with van der Waals surface area (Å²) in [4.78, 5) is 12.3. The van der Waals surface area contributed by atoms with Gasteiger partial charge in [0.1, 0.15) is 17.2 Å². The fourth-order valence-corrected chi connectivity index (χ4v) is 5.09. The second kappa shape index (κ2) is 14.7. The first kappa shape index (κ1) is 26.1. The van der Waals surface area contributed by atoms with Gasteiger partial charge in [-0.15, -0.1) is 0 Å². The molecule has 0 radical (unpaired) electrons. The van der Waals surface area contributed by atoms with E-state index in [4.69, 9.17) is 14.2 Å². The lowest BCUT2D eigenvalue weighted by Crippen LogP contribution is -2.20. The Morgan fingerprint density at radius 3 is 2.00 bits per heavy atom. The molecule has 4 heteroatoms. The van der Waals surface area contributed by atoms with E-state index in [0.29, 0.717) is 17.1 Å². The van der Waals surface area contributed by atoms with Crippen LogP contribution in [0.4, 0.5) is 0 Å². The number of benzene rings is 2. The van der Waals surface area contributed by atoms with Gasteiger partial charge in [0.05, 0.1) is 19.3 Å². The van der Waals surface area contributed by atoms with E-state index in [1.807, 2.05) is 12.1 Å². The minimum absolute atomic E-state index is 0.385. The highest BCUT2D eigenvalue weighted by molar-refractivity contribution is 5.91. The molecule has 1 aliphatic carbocycles. The zero-order valence-electron chi connectivity index (χ0n) is 21.1. The molecule has 0 N–H and O–H groups in total. The van der Waals surface area contributed by atoms with Gasteiger partial charge in [-0.2, -0.15) is 0 Å². The Morgan fingerprint density at radius 2 is 1.35 bits per heavy atom. The van der Waals surface area contributed by atoms with E-state index in [1.165, 1.54) is 70.6 Å². The third-order valence-electron chi connectivity index (χ3n) is 7.09. The molecule has 0 spiro atoms. The number of methoxy groups -OCH3 is 1. The minimum Gasteiger partial charge on any atom is -0.497 e. The number of ether oxygens (including phenoxy) is 3. The molecular weight excluding hydrogens is 424 g/mol. The SMILES string of the molecule is CCCCCCCC1CCCCC1CCCOc1ccc(OC(=O)c2ccc(OC)cc2)cc1. The van der Waals surface area contributed by atoms with Crippen LogP contribution in [0.1, 0.15) is 94.3 Å². The zero-order valence-corrected chi connectivity index (χ0v) is 21.1. The molecule has 0 bridgehead atoms. The van der Waals surface area contributed by atoms with Crippen molar-refractivity contribution < 1.29 is 19.0 Å². The van der Waals surface area contributed by atoms with Crippen LogP contribution >= 0.6 is 0 Å². The lowest BCUT2D eigenvalue weighted by atomic mass is 9.74. The van der Waals surface area contributed by atoms with Crippen molar-refractivity contribution in [3.63, 3.8) is 0 Å². The monoisotopic (exact) mass is 466 g/mol. The van der Waals surface area contributed by atoms with Crippen LogP contribution in [0.3, 0.4) is 0 Å². The van der Waals surface area contributed by atoms with Gasteiger partial charge in [0, 0.05) is 0 Å². The fourth-order valence-electron chi connectivity index (χ4n) is 5.09. The van der Waals surface area contributed by atoms with Gasteiger partial charge in [0.2, 0.25) is 0 Å². The Kier molecular flexibility index (Phi) is 11.3. The molecule has 1 saturated carbocycles. The summed E-state index contributed by atoms with van der Waals surface area (Å²) in [5, 5.41) is 0. The lowest BCUT2D eigenvalue weighted by Gasteiger charge is -2.31. The third kappa shape index (κ3) is 8.70. The maximum absolute atomic E-state index is 12.3. The van der Waals surface area contributed by atoms with Crippen molar-refractivity contribution in [3.8, 4) is 17.2 Å². The Morgan fingerprint density at radius 1 is 0.765 bits per heavy atom. The largest absolute Gasteiger partial charge is 0.497 e. The maximum Gasteiger partial charge on any atom is 0.343 e.